The van der Waals surface area contributed by atoms with Crippen LogP contribution in [0.1, 0.15) is 29.2 Å². The molecule has 0 bridgehead atoms. The van der Waals surface area contributed by atoms with Gasteiger partial charge in [-0.3, -0.25) is 0 Å². The number of nitrogens with one attached hydrogen (secondary N) is 2. The maximum Gasteiger partial charge on any atom is 0.138 e. The summed E-state index contributed by atoms with van der Waals surface area (Å²) in [4.78, 5) is 10.6. The second kappa shape index (κ2) is 4.13. The molecule has 80 valence electrons. The van der Waals surface area contributed by atoms with E-state index in [9.17, 15) is 4.79 Å². The van der Waals surface area contributed by atoms with Crippen LogP contribution in [0.3, 0.4) is 0 Å². The third kappa shape index (κ3) is 2.08. The lowest BCUT2D eigenvalue weighted by atomic mass is 9.98. The first-order valence-electron chi connectivity index (χ1n) is 5.24. The van der Waals surface area contributed by atoms with Gasteiger partial charge in [-0.15, -0.1) is 0 Å². The second-order valence-electron chi connectivity index (χ2n) is 4.16. The molecule has 2 unspecified atom stereocenters. The molecule has 15 heavy (non-hydrogen) atoms. The summed E-state index contributed by atoms with van der Waals surface area (Å²) in [5, 5.41) is 0. The normalized spacial score (nSPS) is 25.5. The van der Waals surface area contributed by atoms with Gasteiger partial charge in [0.15, 0.2) is 0 Å². The second-order valence-corrected chi connectivity index (χ2v) is 4.16. The Hall–Kier alpha value is -1.19. The van der Waals surface area contributed by atoms with E-state index >= 15 is 0 Å². The van der Waals surface area contributed by atoms with Gasteiger partial charge >= 0.3 is 0 Å². The van der Waals surface area contributed by atoms with Gasteiger partial charge in [-0.2, -0.15) is 0 Å². The molecule has 0 aromatic heterocycles. The van der Waals surface area contributed by atoms with Crippen LogP contribution in [0, 0.1) is 13.8 Å². The van der Waals surface area contributed by atoms with Gasteiger partial charge < -0.3 is 4.79 Å². The van der Waals surface area contributed by atoms with Crippen LogP contribution in [0.2, 0.25) is 0 Å². The Morgan fingerprint density at radius 1 is 1.27 bits per heavy atom. The van der Waals surface area contributed by atoms with E-state index in [0.29, 0.717) is 0 Å². The molecule has 1 saturated heterocycles. The number of hydrazine groups is 1. The molecule has 0 amide bonds. The first-order valence-corrected chi connectivity index (χ1v) is 5.24. The molecule has 2 atom stereocenters. The number of hydrogen-bond acceptors (Lipinski definition) is 3. The summed E-state index contributed by atoms with van der Waals surface area (Å²) in [6, 6.07) is 6.62. The number of carbonyl (C=O) groups is 1. The largest absolute Gasteiger partial charge is 0.302 e. The Morgan fingerprint density at radius 2 is 2.07 bits per heavy atom. The summed E-state index contributed by atoms with van der Waals surface area (Å²) in [6.07, 6.45) is 1.78. The molecule has 0 radical (unpaired) electrons. The van der Waals surface area contributed by atoms with Crippen molar-refractivity contribution in [2.24, 2.45) is 0 Å². The summed E-state index contributed by atoms with van der Waals surface area (Å²) in [5.74, 6) is 0. The predicted octanol–water partition coefficient (Wildman–Crippen LogP) is 1.41. The van der Waals surface area contributed by atoms with Crippen molar-refractivity contribution in [1.29, 1.82) is 0 Å². The fourth-order valence-corrected chi connectivity index (χ4v) is 1.87. The van der Waals surface area contributed by atoms with Crippen LogP contribution in [-0.2, 0) is 4.79 Å². The molecule has 1 aromatic carbocycles. The quantitative estimate of drug-likeness (QED) is 0.716. The smallest absolute Gasteiger partial charge is 0.138 e. The number of carbonyl (C=O) groups excluding carboxylic acids is 1. The number of hydrogen-bond donors (Lipinski definition) is 2. The van der Waals surface area contributed by atoms with Crippen molar-refractivity contribution in [2.45, 2.75) is 32.4 Å². The van der Waals surface area contributed by atoms with Gasteiger partial charge in [0.1, 0.15) is 6.29 Å². The summed E-state index contributed by atoms with van der Waals surface area (Å²) in [5.41, 5.74) is 9.95. The van der Waals surface area contributed by atoms with Gasteiger partial charge in [0.2, 0.25) is 0 Å². The van der Waals surface area contributed by atoms with Gasteiger partial charge in [-0.1, -0.05) is 18.2 Å². The van der Waals surface area contributed by atoms with Crippen LogP contribution in [0.25, 0.3) is 0 Å². The van der Waals surface area contributed by atoms with Crippen molar-refractivity contribution in [3.8, 4) is 0 Å². The maximum absolute atomic E-state index is 10.6. The Kier molecular flexibility index (Phi) is 2.84. The van der Waals surface area contributed by atoms with E-state index in [1.807, 2.05) is 0 Å². The standard InChI is InChI=1S/C12H16N2O/c1-8-3-4-10(5-9(8)2)12-6-11(7-15)13-14-12/h3-5,7,11-14H,6H2,1-2H3. The van der Waals surface area contributed by atoms with Gasteiger partial charge in [0, 0.05) is 6.04 Å². The minimum atomic E-state index is -0.0587. The van der Waals surface area contributed by atoms with Crippen molar-refractivity contribution < 1.29 is 4.79 Å². The highest BCUT2D eigenvalue weighted by molar-refractivity contribution is 5.58. The monoisotopic (exact) mass is 204 g/mol. The first kappa shape index (κ1) is 10.3. The Bertz CT molecular complexity index is 376. The fourth-order valence-electron chi connectivity index (χ4n) is 1.87. The molecule has 2 rings (SSSR count). The van der Waals surface area contributed by atoms with Gasteiger partial charge in [-0.25, -0.2) is 10.9 Å². The lowest BCUT2D eigenvalue weighted by molar-refractivity contribution is -0.109. The lowest BCUT2D eigenvalue weighted by Gasteiger charge is -2.11. The highest BCUT2D eigenvalue weighted by Crippen LogP contribution is 2.23. The van der Waals surface area contributed by atoms with E-state index < -0.39 is 0 Å². The molecule has 1 aliphatic rings. The molecule has 0 spiro atoms. The van der Waals surface area contributed by atoms with E-state index in [4.69, 9.17) is 0 Å². The molecule has 0 aliphatic carbocycles. The minimum absolute atomic E-state index is 0.0587. The van der Waals surface area contributed by atoms with Crippen molar-refractivity contribution in [2.75, 3.05) is 0 Å². The topological polar surface area (TPSA) is 41.1 Å². The van der Waals surface area contributed by atoms with E-state index in [0.717, 1.165) is 12.7 Å². The summed E-state index contributed by atoms with van der Waals surface area (Å²) in [7, 11) is 0. The zero-order valence-electron chi connectivity index (χ0n) is 9.08. The number of rotatable bonds is 2. The summed E-state index contributed by atoms with van der Waals surface area (Å²) in [6.45, 7) is 4.21. The molecule has 1 aromatic rings. The van der Waals surface area contributed by atoms with E-state index in [2.05, 4.69) is 42.9 Å². The van der Waals surface area contributed by atoms with Crippen molar-refractivity contribution in [3.63, 3.8) is 0 Å². The van der Waals surface area contributed by atoms with E-state index in [-0.39, 0.29) is 12.1 Å². The molecule has 0 saturated carbocycles. The highest BCUT2D eigenvalue weighted by atomic mass is 16.1. The molecular weight excluding hydrogens is 188 g/mol. The number of aldehydes is 1. The molecule has 3 nitrogen and oxygen atoms in total. The molecule has 1 fully saturated rings. The average Bonchev–Trinajstić information content (AvgIpc) is 2.70. The van der Waals surface area contributed by atoms with Crippen LogP contribution in [-0.4, -0.2) is 12.3 Å². The van der Waals surface area contributed by atoms with Gasteiger partial charge in [-0.05, 0) is 37.0 Å². The molecule has 2 N–H and O–H groups in total. The third-order valence-electron chi connectivity index (χ3n) is 3.03. The summed E-state index contributed by atoms with van der Waals surface area (Å²) < 4.78 is 0. The van der Waals surface area contributed by atoms with E-state index in [1.54, 1.807) is 0 Å². The maximum atomic E-state index is 10.6. The van der Waals surface area contributed by atoms with Crippen LogP contribution < -0.4 is 10.9 Å². The Morgan fingerprint density at radius 3 is 2.67 bits per heavy atom. The van der Waals surface area contributed by atoms with Crippen molar-refractivity contribution >= 4 is 6.29 Å². The molecule has 1 heterocycles. The van der Waals surface area contributed by atoms with Gasteiger partial charge in [0.25, 0.3) is 0 Å². The van der Waals surface area contributed by atoms with Crippen LogP contribution in [0.15, 0.2) is 18.2 Å². The Balaban J connectivity index is 2.17. The third-order valence-corrected chi connectivity index (χ3v) is 3.03. The fraction of sp³-hybridized carbons (Fsp3) is 0.417. The number of benzene rings is 1. The number of aryl methyl sites for hydroxylation is 2. The molecular formula is C12H16N2O. The lowest BCUT2D eigenvalue weighted by Crippen LogP contribution is -2.31. The minimum Gasteiger partial charge on any atom is -0.302 e. The summed E-state index contributed by atoms with van der Waals surface area (Å²) >= 11 is 0. The van der Waals surface area contributed by atoms with Crippen LogP contribution >= 0.6 is 0 Å². The zero-order chi connectivity index (χ0) is 10.8. The molecule has 3 heteroatoms. The highest BCUT2D eigenvalue weighted by Gasteiger charge is 2.24. The van der Waals surface area contributed by atoms with E-state index in [1.165, 1.54) is 16.7 Å². The molecule has 1 aliphatic heterocycles. The zero-order valence-corrected chi connectivity index (χ0v) is 9.08. The SMILES string of the molecule is Cc1ccc(C2CC(C=O)NN2)cc1C. The van der Waals surface area contributed by atoms with Crippen molar-refractivity contribution in [1.82, 2.24) is 10.9 Å². The van der Waals surface area contributed by atoms with Gasteiger partial charge in [0.05, 0.1) is 6.04 Å². The Labute approximate surface area is 89.8 Å². The first-order chi connectivity index (χ1) is 7.20. The average molecular weight is 204 g/mol. The van der Waals surface area contributed by atoms with Crippen molar-refractivity contribution in [3.05, 3.63) is 34.9 Å². The van der Waals surface area contributed by atoms with Crippen LogP contribution in [0.5, 0.6) is 0 Å². The van der Waals surface area contributed by atoms with Crippen LogP contribution in [0.4, 0.5) is 0 Å². The predicted molar refractivity (Wildman–Crippen MR) is 59.4 cm³/mol.